The summed E-state index contributed by atoms with van der Waals surface area (Å²) in [6.07, 6.45) is 4.18. The van der Waals surface area contributed by atoms with Crippen molar-refractivity contribution >= 4 is 29.5 Å². The number of carbonyl (C=O) groups is 3. The van der Waals surface area contributed by atoms with Crippen molar-refractivity contribution in [3.05, 3.63) is 29.3 Å². The van der Waals surface area contributed by atoms with Crippen LogP contribution in [0.3, 0.4) is 0 Å². The van der Waals surface area contributed by atoms with E-state index in [1.807, 2.05) is 0 Å². The number of carbonyl (C=O) groups excluding carboxylic acids is 3. The third kappa shape index (κ3) is 6.92. The number of benzene rings is 1. The van der Waals surface area contributed by atoms with Gasteiger partial charge >= 0.3 is 12.0 Å². The Morgan fingerprint density at radius 3 is 2.69 bits per heavy atom. The molecule has 1 aliphatic rings. The van der Waals surface area contributed by atoms with Gasteiger partial charge in [-0.25, -0.2) is 9.59 Å². The van der Waals surface area contributed by atoms with Gasteiger partial charge in [0.05, 0.1) is 0 Å². The van der Waals surface area contributed by atoms with Gasteiger partial charge in [0.25, 0.3) is 5.91 Å². The number of esters is 1. The predicted molar refractivity (Wildman–Crippen MR) is 96.0 cm³/mol. The van der Waals surface area contributed by atoms with Gasteiger partial charge in [0.2, 0.25) is 0 Å². The highest BCUT2D eigenvalue weighted by atomic mass is 35.5. The molecule has 0 aromatic heterocycles. The minimum atomic E-state index is -0.721. The molecule has 0 bridgehead atoms. The monoisotopic (exact) mass is 382 g/mol. The van der Waals surface area contributed by atoms with E-state index in [1.165, 1.54) is 0 Å². The molecule has 3 amide bonds. The summed E-state index contributed by atoms with van der Waals surface area (Å²) in [5, 5.41) is 5.43. The first-order chi connectivity index (χ1) is 12.4. The lowest BCUT2D eigenvalue weighted by molar-refractivity contribution is -0.150. The zero-order chi connectivity index (χ0) is 18.9. The Balaban J connectivity index is 1.64. The molecule has 142 valence electrons. The predicted octanol–water partition coefficient (Wildman–Crippen LogP) is 2.67. The second kappa shape index (κ2) is 10.0. The molecule has 2 N–H and O–H groups in total. The van der Waals surface area contributed by atoms with Crippen molar-refractivity contribution in [2.75, 3.05) is 13.2 Å². The van der Waals surface area contributed by atoms with Crippen LogP contribution in [0.15, 0.2) is 24.3 Å². The average molecular weight is 383 g/mol. The van der Waals surface area contributed by atoms with Crippen LogP contribution >= 0.6 is 11.6 Å². The summed E-state index contributed by atoms with van der Waals surface area (Å²) in [5.41, 5.74) is 0. The van der Waals surface area contributed by atoms with Gasteiger partial charge in [0.1, 0.15) is 5.75 Å². The van der Waals surface area contributed by atoms with Crippen LogP contribution in [0.2, 0.25) is 5.02 Å². The van der Waals surface area contributed by atoms with Gasteiger partial charge in [0, 0.05) is 11.1 Å². The molecule has 0 aliphatic heterocycles. The smallest absolute Gasteiger partial charge is 0.344 e. The van der Waals surface area contributed by atoms with Gasteiger partial charge < -0.3 is 14.8 Å². The summed E-state index contributed by atoms with van der Waals surface area (Å²) in [6, 6.07) is 6.05. The Labute approximate surface area is 157 Å². The highest BCUT2D eigenvalue weighted by Crippen LogP contribution is 2.23. The van der Waals surface area contributed by atoms with Crippen molar-refractivity contribution in [3.8, 4) is 5.75 Å². The second-order valence-electron chi connectivity index (χ2n) is 6.30. The molecule has 0 radical (unpaired) electrons. The number of ether oxygens (including phenoxy) is 2. The van der Waals surface area contributed by atoms with Crippen molar-refractivity contribution < 1.29 is 23.9 Å². The molecule has 0 spiro atoms. The van der Waals surface area contributed by atoms with Crippen molar-refractivity contribution in [1.29, 1.82) is 0 Å². The lowest BCUT2D eigenvalue weighted by Crippen LogP contribution is -2.48. The zero-order valence-corrected chi connectivity index (χ0v) is 15.4. The molecular weight excluding hydrogens is 360 g/mol. The lowest BCUT2D eigenvalue weighted by atomic mass is 9.86. The highest BCUT2D eigenvalue weighted by molar-refractivity contribution is 6.30. The summed E-state index contributed by atoms with van der Waals surface area (Å²) >= 11 is 5.80. The van der Waals surface area contributed by atoms with Gasteiger partial charge in [-0.1, -0.05) is 37.4 Å². The first-order valence-corrected chi connectivity index (χ1v) is 8.96. The molecule has 0 unspecified atom stereocenters. The summed E-state index contributed by atoms with van der Waals surface area (Å²) in [4.78, 5) is 35.1. The Hall–Kier alpha value is -2.28. The van der Waals surface area contributed by atoms with E-state index in [-0.39, 0.29) is 12.6 Å². The number of imide groups is 1. The third-order valence-electron chi connectivity index (χ3n) is 4.20. The standard InChI is InChI=1S/C18H23ClN2O5/c1-12-5-2-3-8-15(12)20-18(24)21-16(22)10-26-17(23)11-25-14-7-4-6-13(19)9-14/h4,6-7,9,12,15H,2-3,5,8,10-11H2,1H3,(H2,20,21,22,24)/t12-,15-/m1/s1. The fourth-order valence-corrected chi connectivity index (χ4v) is 2.96. The molecule has 1 saturated carbocycles. The average Bonchev–Trinajstić information content (AvgIpc) is 2.60. The molecule has 1 aromatic carbocycles. The van der Waals surface area contributed by atoms with Gasteiger partial charge in [-0.05, 0) is 37.0 Å². The highest BCUT2D eigenvalue weighted by Gasteiger charge is 2.23. The number of halogens is 1. The molecule has 1 aliphatic carbocycles. The zero-order valence-electron chi connectivity index (χ0n) is 14.6. The van der Waals surface area contributed by atoms with E-state index < -0.39 is 24.5 Å². The van der Waals surface area contributed by atoms with E-state index in [0.717, 1.165) is 25.7 Å². The molecule has 0 saturated heterocycles. The van der Waals surface area contributed by atoms with Gasteiger partial charge in [-0.15, -0.1) is 0 Å². The molecule has 8 heteroatoms. The SMILES string of the molecule is C[C@@H]1CCCC[C@H]1NC(=O)NC(=O)COC(=O)COc1cccc(Cl)c1. The van der Waals surface area contributed by atoms with Crippen LogP contribution in [0.1, 0.15) is 32.6 Å². The molecule has 7 nitrogen and oxygen atoms in total. The van der Waals surface area contributed by atoms with Crippen LogP contribution in [0.4, 0.5) is 4.79 Å². The Bertz CT molecular complexity index is 652. The van der Waals surface area contributed by atoms with Crippen LogP contribution in [0.5, 0.6) is 5.75 Å². The van der Waals surface area contributed by atoms with Crippen molar-refractivity contribution in [2.45, 2.75) is 38.6 Å². The first kappa shape index (κ1) is 20.0. The van der Waals surface area contributed by atoms with Crippen LogP contribution in [0, 0.1) is 5.92 Å². The fourth-order valence-electron chi connectivity index (χ4n) is 2.78. The maximum atomic E-state index is 11.8. The number of hydrogen-bond donors (Lipinski definition) is 2. The van der Waals surface area contributed by atoms with E-state index in [1.54, 1.807) is 24.3 Å². The fraction of sp³-hybridized carbons (Fsp3) is 0.500. The normalized spacial score (nSPS) is 19.3. The first-order valence-electron chi connectivity index (χ1n) is 8.58. The number of hydrogen-bond acceptors (Lipinski definition) is 5. The molecule has 26 heavy (non-hydrogen) atoms. The number of nitrogens with one attached hydrogen (secondary N) is 2. The Kier molecular flexibility index (Phi) is 7.72. The van der Waals surface area contributed by atoms with Gasteiger partial charge in [0.15, 0.2) is 13.2 Å². The summed E-state index contributed by atoms with van der Waals surface area (Å²) in [5.74, 6) is -0.616. The van der Waals surface area contributed by atoms with Gasteiger partial charge in [-0.3, -0.25) is 10.1 Å². The minimum Gasteiger partial charge on any atom is -0.482 e. The van der Waals surface area contributed by atoms with Crippen molar-refractivity contribution in [1.82, 2.24) is 10.6 Å². The largest absolute Gasteiger partial charge is 0.482 e. The van der Waals surface area contributed by atoms with Crippen molar-refractivity contribution in [2.24, 2.45) is 5.92 Å². The van der Waals surface area contributed by atoms with Crippen molar-refractivity contribution in [3.63, 3.8) is 0 Å². The van der Waals surface area contributed by atoms with E-state index in [2.05, 4.69) is 17.6 Å². The molecule has 1 fully saturated rings. The van der Waals surface area contributed by atoms with Crippen LogP contribution in [-0.4, -0.2) is 37.2 Å². The lowest BCUT2D eigenvalue weighted by Gasteiger charge is -2.29. The summed E-state index contributed by atoms with van der Waals surface area (Å²) in [7, 11) is 0. The third-order valence-corrected chi connectivity index (χ3v) is 4.43. The summed E-state index contributed by atoms with van der Waals surface area (Å²) < 4.78 is 9.98. The Morgan fingerprint density at radius 2 is 1.96 bits per heavy atom. The van der Waals surface area contributed by atoms with E-state index in [0.29, 0.717) is 16.7 Å². The molecule has 0 heterocycles. The molecule has 2 atom stereocenters. The van der Waals surface area contributed by atoms with E-state index in [9.17, 15) is 14.4 Å². The second-order valence-corrected chi connectivity index (χ2v) is 6.73. The maximum absolute atomic E-state index is 11.8. The topological polar surface area (TPSA) is 93.7 Å². The van der Waals surface area contributed by atoms with Gasteiger partial charge in [-0.2, -0.15) is 0 Å². The van der Waals surface area contributed by atoms with E-state index in [4.69, 9.17) is 21.1 Å². The molecular formula is C18H23ClN2O5. The maximum Gasteiger partial charge on any atom is 0.344 e. The Morgan fingerprint density at radius 1 is 1.19 bits per heavy atom. The number of urea groups is 1. The van der Waals surface area contributed by atoms with Crippen LogP contribution < -0.4 is 15.4 Å². The quantitative estimate of drug-likeness (QED) is 0.738. The molecule has 2 rings (SSSR count). The van der Waals surface area contributed by atoms with Crippen LogP contribution in [-0.2, 0) is 14.3 Å². The van der Waals surface area contributed by atoms with E-state index >= 15 is 0 Å². The number of rotatable bonds is 6. The van der Waals surface area contributed by atoms with Crippen LogP contribution in [0.25, 0.3) is 0 Å². The number of amides is 3. The summed E-state index contributed by atoms with van der Waals surface area (Å²) in [6.45, 7) is 1.17. The minimum absolute atomic E-state index is 0.0604. The molecule has 1 aromatic rings.